The summed E-state index contributed by atoms with van der Waals surface area (Å²) in [5, 5.41) is 11.4. The number of ether oxygens (including phenoxy) is 1. The first-order chi connectivity index (χ1) is 16.2. The lowest BCUT2D eigenvalue weighted by Gasteiger charge is -2.39. The van der Waals surface area contributed by atoms with Crippen molar-refractivity contribution in [3.05, 3.63) is 48.6 Å². The van der Waals surface area contributed by atoms with E-state index < -0.39 is 37.7 Å². The van der Waals surface area contributed by atoms with E-state index in [1.54, 1.807) is 18.2 Å². The molecular weight excluding hydrogens is 457 g/mol. The second-order valence-corrected chi connectivity index (χ2v) is 10.7. The zero-order valence-corrected chi connectivity index (χ0v) is 20.7. The van der Waals surface area contributed by atoms with Gasteiger partial charge in [0.25, 0.3) is 0 Å². The van der Waals surface area contributed by atoms with E-state index in [1.807, 2.05) is 19.1 Å². The number of nitrogens with two attached hydrogens (primary N) is 1. The van der Waals surface area contributed by atoms with Gasteiger partial charge in [-0.05, 0) is 44.2 Å². The third-order valence-corrected chi connectivity index (χ3v) is 7.81. The van der Waals surface area contributed by atoms with E-state index in [-0.39, 0.29) is 25.3 Å². The summed E-state index contributed by atoms with van der Waals surface area (Å²) < 4.78 is 28.4. The van der Waals surface area contributed by atoms with Crippen molar-refractivity contribution in [2.75, 3.05) is 6.54 Å². The third-order valence-electron chi connectivity index (χ3n) is 6.75. The maximum absolute atomic E-state index is 12.4. The number of phosphoric acid groups is 1. The van der Waals surface area contributed by atoms with Crippen LogP contribution in [0.2, 0.25) is 0 Å². The van der Waals surface area contributed by atoms with Gasteiger partial charge in [-0.15, -0.1) is 0 Å². The number of aliphatic hydroxyl groups is 1. The smallest absolute Gasteiger partial charge is 0.454 e. The lowest BCUT2D eigenvalue weighted by atomic mass is 9.86. The zero-order valence-electron chi connectivity index (χ0n) is 19.8. The quantitative estimate of drug-likeness (QED) is 0.189. The van der Waals surface area contributed by atoms with Crippen molar-refractivity contribution >= 4 is 13.8 Å². The Morgan fingerprint density at radius 3 is 2.62 bits per heavy atom. The lowest BCUT2D eigenvalue weighted by Crippen LogP contribution is -2.47. The summed E-state index contributed by atoms with van der Waals surface area (Å²) in [6, 6.07) is 0. The summed E-state index contributed by atoms with van der Waals surface area (Å²) in [5.41, 5.74) is 4.11. The molecule has 0 aromatic rings. The molecule has 0 bridgehead atoms. The Balaban J connectivity index is 1.72. The number of phosphoric ester groups is 1. The molecule has 3 aliphatic rings. The molecule has 1 saturated heterocycles. The molecule has 190 valence electrons. The van der Waals surface area contributed by atoms with Crippen LogP contribution < -0.4 is 5.73 Å². The van der Waals surface area contributed by atoms with Gasteiger partial charge in [0, 0.05) is 18.4 Å². The Morgan fingerprint density at radius 2 is 1.91 bits per heavy atom. The summed E-state index contributed by atoms with van der Waals surface area (Å²) in [5.74, 6) is 0.0961. The SMILES string of the molecule is CC[C@H]1C=CC(=O)O[C@H]1/C=C/[C@](O)(CCN)[C@H]1C[C@H](/C=C\C=C/C2CCCCC2)OP(=O)(O)O1. The first-order valence-corrected chi connectivity index (χ1v) is 13.8. The topological polar surface area (TPSA) is 128 Å². The van der Waals surface area contributed by atoms with Gasteiger partial charge in [-0.1, -0.05) is 62.6 Å². The number of esters is 1. The number of hydrogen-bond donors (Lipinski definition) is 3. The van der Waals surface area contributed by atoms with E-state index in [1.165, 1.54) is 44.3 Å². The van der Waals surface area contributed by atoms with Gasteiger partial charge in [0.2, 0.25) is 0 Å². The molecule has 1 saturated carbocycles. The molecule has 34 heavy (non-hydrogen) atoms. The van der Waals surface area contributed by atoms with E-state index in [2.05, 4.69) is 6.08 Å². The van der Waals surface area contributed by atoms with Crippen LogP contribution in [-0.2, 0) is 23.1 Å². The maximum Gasteiger partial charge on any atom is 0.473 e. The van der Waals surface area contributed by atoms with Crippen LogP contribution in [0.15, 0.2) is 48.6 Å². The van der Waals surface area contributed by atoms with E-state index in [4.69, 9.17) is 19.5 Å². The highest BCUT2D eigenvalue weighted by atomic mass is 31.2. The second-order valence-electron chi connectivity index (χ2n) is 9.33. The number of cyclic esters (lactones) is 1. The Labute approximate surface area is 202 Å². The molecule has 0 aromatic carbocycles. The van der Waals surface area contributed by atoms with Gasteiger partial charge in [-0.3, -0.25) is 9.05 Å². The van der Waals surface area contributed by atoms with E-state index in [9.17, 15) is 19.4 Å². The standard InChI is InChI=1S/C25H38NO7P/c1-2-20-12-13-24(27)31-22(20)14-15-25(28,16-17-26)23-18-21(32-34(29,30)33-23)11-7-6-10-19-8-4-3-5-9-19/h6-7,10-15,19-23,28H,2-5,8-9,16-18,26H2,1H3,(H,29,30)/b10-6-,11-7-,15-14+/t20-,21-,22-,23+,25-/m0/s1. The van der Waals surface area contributed by atoms with Gasteiger partial charge in [-0.2, -0.15) is 0 Å². The van der Waals surface area contributed by atoms with E-state index in [0.29, 0.717) is 5.92 Å². The molecule has 8 nitrogen and oxygen atoms in total. The Morgan fingerprint density at radius 1 is 1.18 bits per heavy atom. The average Bonchev–Trinajstić information content (AvgIpc) is 2.80. The Hall–Kier alpha value is -1.54. The third kappa shape index (κ3) is 7.74. The van der Waals surface area contributed by atoms with E-state index in [0.717, 1.165) is 6.42 Å². The van der Waals surface area contributed by atoms with Gasteiger partial charge < -0.3 is 20.5 Å². The summed E-state index contributed by atoms with van der Waals surface area (Å²) >= 11 is 0. The van der Waals surface area contributed by atoms with Gasteiger partial charge in [0.1, 0.15) is 17.8 Å². The Bertz CT molecular complexity index is 848. The van der Waals surface area contributed by atoms with Crippen molar-refractivity contribution in [1.29, 1.82) is 0 Å². The lowest BCUT2D eigenvalue weighted by molar-refractivity contribution is -0.143. The van der Waals surface area contributed by atoms with Gasteiger partial charge in [0.15, 0.2) is 0 Å². The molecular formula is C25H38NO7P. The zero-order chi connectivity index (χ0) is 24.6. The molecule has 0 radical (unpaired) electrons. The van der Waals surface area contributed by atoms with Crippen LogP contribution in [0.25, 0.3) is 0 Å². The molecule has 1 aliphatic carbocycles. The summed E-state index contributed by atoms with van der Waals surface area (Å²) in [6.45, 7) is 2.10. The average molecular weight is 496 g/mol. The fourth-order valence-electron chi connectivity index (χ4n) is 4.77. The molecule has 1 unspecified atom stereocenters. The largest absolute Gasteiger partial charge is 0.473 e. The highest BCUT2D eigenvalue weighted by molar-refractivity contribution is 7.47. The predicted octanol–water partition coefficient (Wildman–Crippen LogP) is 4.10. The van der Waals surface area contributed by atoms with Crippen LogP contribution in [-0.4, -0.2) is 46.4 Å². The van der Waals surface area contributed by atoms with Crippen molar-refractivity contribution in [1.82, 2.24) is 0 Å². The molecule has 0 amide bonds. The maximum atomic E-state index is 12.4. The molecule has 6 atom stereocenters. The van der Waals surface area contributed by atoms with Gasteiger partial charge in [-0.25, -0.2) is 9.36 Å². The van der Waals surface area contributed by atoms with Crippen molar-refractivity contribution in [2.24, 2.45) is 17.6 Å². The monoisotopic (exact) mass is 495 g/mol. The van der Waals surface area contributed by atoms with Crippen molar-refractivity contribution in [3.8, 4) is 0 Å². The highest BCUT2D eigenvalue weighted by Crippen LogP contribution is 2.53. The Kier molecular flexibility index (Phi) is 9.89. The number of carbonyl (C=O) groups is 1. The molecule has 3 rings (SSSR count). The summed E-state index contributed by atoms with van der Waals surface area (Å²) in [7, 11) is -4.38. The minimum atomic E-state index is -4.38. The van der Waals surface area contributed by atoms with Crippen LogP contribution in [0, 0.1) is 11.8 Å². The van der Waals surface area contributed by atoms with Crippen LogP contribution >= 0.6 is 7.82 Å². The fraction of sp³-hybridized carbons (Fsp3) is 0.640. The van der Waals surface area contributed by atoms with Crippen LogP contribution in [0.3, 0.4) is 0 Å². The van der Waals surface area contributed by atoms with Gasteiger partial charge in [0.05, 0.1) is 6.10 Å². The molecule has 4 N–H and O–H groups in total. The normalized spacial score (nSPS) is 35.2. The summed E-state index contributed by atoms with van der Waals surface area (Å²) in [4.78, 5) is 21.8. The predicted molar refractivity (Wildman–Crippen MR) is 130 cm³/mol. The molecule has 9 heteroatoms. The minimum Gasteiger partial charge on any atom is -0.454 e. The second kappa shape index (κ2) is 12.4. The molecule has 2 fully saturated rings. The number of allylic oxidation sites excluding steroid dienone is 3. The minimum absolute atomic E-state index is 0.0257. The molecule has 2 aliphatic heterocycles. The first kappa shape index (κ1) is 27.1. The molecule has 0 spiro atoms. The highest BCUT2D eigenvalue weighted by Gasteiger charge is 2.46. The van der Waals surface area contributed by atoms with Crippen LogP contribution in [0.5, 0.6) is 0 Å². The van der Waals surface area contributed by atoms with Crippen molar-refractivity contribution in [2.45, 2.75) is 82.2 Å². The van der Waals surface area contributed by atoms with Crippen LogP contribution in [0.4, 0.5) is 0 Å². The number of hydrogen-bond acceptors (Lipinski definition) is 7. The number of rotatable bonds is 9. The van der Waals surface area contributed by atoms with Crippen molar-refractivity contribution in [3.63, 3.8) is 0 Å². The molecule has 0 aromatic heterocycles. The van der Waals surface area contributed by atoms with E-state index >= 15 is 0 Å². The fourth-order valence-corrected chi connectivity index (χ4v) is 5.90. The van der Waals surface area contributed by atoms with Crippen molar-refractivity contribution < 1.29 is 33.1 Å². The van der Waals surface area contributed by atoms with Gasteiger partial charge >= 0.3 is 13.8 Å². The number of carbonyl (C=O) groups excluding carboxylic acids is 1. The molecule has 2 heterocycles. The first-order valence-electron chi connectivity index (χ1n) is 12.3. The summed E-state index contributed by atoms with van der Waals surface area (Å²) in [6.07, 6.45) is 18.8. The van der Waals surface area contributed by atoms with Crippen LogP contribution in [0.1, 0.15) is 58.3 Å².